The number of halogens is 1. The van der Waals surface area contributed by atoms with E-state index in [0.717, 1.165) is 6.20 Å². The van der Waals surface area contributed by atoms with Crippen molar-refractivity contribution in [1.29, 1.82) is 0 Å². The van der Waals surface area contributed by atoms with Gasteiger partial charge < -0.3 is 9.29 Å². The van der Waals surface area contributed by atoms with E-state index in [1.807, 2.05) is 20.8 Å². The van der Waals surface area contributed by atoms with Crippen LogP contribution in [0.4, 0.5) is 4.39 Å². The molecule has 0 saturated carbocycles. The Labute approximate surface area is 122 Å². The lowest BCUT2D eigenvalue weighted by molar-refractivity contribution is 0.383. The minimum atomic E-state index is -1.29. The fourth-order valence-electron chi connectivity index (χ4n) is 1.57. The number of methoxy groups -OCH3 is 1. The lowest BCUT2D eigenvalue weighted by Crippen LogP contribution is -2.41. The van der Waals surface area contributed by atoms with E-state index in [-0.39, 0.29) is 6.04 Å². The second-order valence-corrected chi connectivity index (χ2v) is 7.33. The first kappa shape index (κ1) is 16.9. The Bertz CT molecular complexity index is 463. The van der Waals surface area contributed by atoms with Gasteiger partial charge in [0.05, 0.1) is 19.3 Å². The zero-order valence-corrected chi connectivity index (χ0v) is 13.1. The Hall–Kier alpha value is -1.11. The summed E-state index contributed by atoms with van der Waals surface area (Å²) in [6.45, 7) is 9.27. The molecule has 4 nitrogen and oxygen atoms in total. The first-order valence-electron chi connectivity index (χ1n) is 6.28. The zero-order valence-electron chi connectivity index (χ0n) is 12.3. The van der Waals surface area contributed by atoms with Crippen LogP contribution in [0.15, 0.2) is 24.9 Å². The highest BCUT2D eigenvalue weighted by Crippen LogP contribution is 2.28. The molecule has 1 heterocycles. The van der Waals surface area contributed by atoms with Gasteiger partial charge in [-0.25, -0.2) is 9.37 Å². The average molecular weight is 300 g/mol. The maximum absolute atomic E-state index is 13.4. The van der Waals surface area contributed by atoms with E-state index in [1.165, 1.54) is 13.2 Å². The van der Waals surface area contributed by atoms with Crippen molar-refractivity contribution in [3.8, 4) is 5.88 Å². The molecule has 0 radical (unpaired) electrons. The summed E-state index contributed by atoms with van der Waals surface area (Å²) in [5, 5.41) is 0. The molecule has 2 unspecified atom stereocenters. The van der Waals surface area contributed by atoms with Crippen molar-refractivity contribution in [2.24, 2.45) is 0 Å². The van der Waals surface area contributed by atoms with E-state index in [4.69, 9.17) is 4.74 Å². The Kier molecular flexibility index (Phi) is 5.98. The molecule has 0 saturated heterocycles. The maximum atomic E-state index is 13.4. The van der Waals surface area contributed by atoms with Gasteiger partial charge in [0, 0.05) is 16.9 Å². The Morgan fingerprint density at radius 3 is 2.75 bits per heavy atom. The van der Waals surface area contributed by atoms with Crippen molar-refractivity contribution in [2.45, 2.75) is 38.0 Å². The minimum Gasteiger partial charge on any atom is -0.598 e. The highest BCUT2D eigenvalue weighted by atomic mass is 32.2. The molecule has 1 N–H and O–H groups in total. The zero-order chi connectivity index (χ0) is 15.3. The number of rotatable bonds is 6. The third-order valence-corrected chi connectivity index (χ3v) is 4.23. The quantitative estimate of drug-likeness (QED) is 0.648. The first-order valence-corrected chi connectivity index (χ1v) is 7.43. The molecule has 1 aromatic rings. The van der Waals surface area contributed by atoms with Gasteiger partial charge in [0.25, 0.3) is 0 Å². The number of nitrogens with zero attached hydrogens (tertiary/aromatic N) is 1. The molecule has 0 aliphatic heterocycles. The van der Waals surface area contributed by atoms with Gasteiger partial charge in [0.2, 0.25) is 5.88 Å². The van der Waals surface area contributed by atoms with Crippen molar-refractivity contribution in [2.75, 3.05) is 7.11 Å². The van der Waals surface area contributed by atoms with Crippen LogP contribution < -0.4 is 9.46 Å². The van der Waals surface area contributed by atoms with Crippen LogP contribution in [0.2, 0.25) is 0 Å². The second kappa shape index (κ2) is 7.06. The normalized spacial score (nSPS) is 14.7. The van der Waals surface area contributed by atoms with Gasteiger partial charge in [-0.15, -0.1) is 11.3 Å². The van der Waals surface area contributed by atoms with E-state index >= 15 is 0 Å². The van der Waals surface area contributed by atoms with Gasteiger partial charge >= 0.3 is 0 Å². The summed E-state index contributed by atoms with van der Waals surface area (Å²) in [6.07, 6.45) is 3.26. The highest BCUT2D eigenvalue weighted by molar-refractivity contribution is 7.90. The topological polar surface area (TPSA) is 57.2 Å². The standard InChI is InChI=1S/C14H21FN2O2S/c1-6-7-12(17-20(18)14(2,3)4)11-8-10(15)9-16-13(11)19-5/h6,8-9,12,17H,1,7H2,2-5H3. The monoisotopic (exact) mass is 300 g/mol. The summed E-state index contributed by atoms with van der Waals surface area (Å²) in [5.74, 6) is -0.144. The Morgan fingerprint density at radius 2 is 2.25 bits per heavy atom. The molecule has 0 amide bonds. The molecule has 0 aromatic carbocycles. The second-order valence-electron chi connectivity index (χ2n) is 5.33. The van der Waals surface area contributed by atoms with E-state index in [0.29, 0.717) is 17.9 Å². The number of nitrogens with one attached hydrogen (secondary N) is 1. The molecule has 0 aliphatic carbocycles. The molecule has 1 aromatic heterocycles. The molecule has 112 valence electrons. The highest BCUT2D eigenvalue weighted by Gasteiger charge is 2.30. The minimum absolute atomic E-state index is 0.316. The van der Waals surface area contributed by atoms with Crippen molar-refractivity contribution >= 4 is 11.4 Å². The lowest BCUT2D eigenvalue weighted by Gasteiger charge is -2.28. The predicted octanol–water partition coefficient (Wildman–Crippen LogP) is 2.90. The van der Waals surface area contributed by atoms with Gasteiger partial charge in [0.1, 0.15) is 10.6 Å². The predicted molar refractivity (Wildman–Crippen MR) is 79.3 cm³/mol. The molecular weight excluding hydrogens is 279 g/mol. The molecule has 0 aliphatic rings. The summed E-state index contributed by atoms with van der Waals surface area (Å²) in [6, 6.07) is 0.970. The van der Waals surface area contributed by atoms with Gasteiger partial charge in [-0.2, -0.15) is 0 Å². The molecule has 0 bridgehead atoms. The smallest absolute Gasteiger partial charge is 0.218 e. The van der Waals surface area contributed by atoms with Gasteiger partial charge in [-0.1, -0.05) is 6.08 Å². The van der Waals surface area contributed by atoms with Crippen LogP contribution in [-0.2, 0) is 11.4 Å². The van der Waals surface area contributed by atoms with Crippen LogP contribution in [0.5, 0.6) is 5.88 Å². The van der Waals surface area contributed by atoms with Crippen molar-refractivity contribution in [3.63, 3.8) is 0 Å². The number of pyridine rings is 1. The Morgan fingerprint density at radius 1 is 1.60 bits per heavy atom. The first-order chi connectivity index (χ1) is 9.29. The summed E-state index contributed by atoms with van der Waals surface area (Å²) in [4.78, 5) is 3.90. The van der Waals surface area contributed by atoms with Crippen LogP contribution in [0, 0.1) is 5.82 Å². The summed E-state index contributed by atoms with van der Waals surface area (Å²) >= 11 is -1.29. The average Bonchev–Trinajstić information content (AvgIpc) is 2.37. The van der Waals surface area contributed by atoms with E-state index in [1.54, 1.807) is 6.08 Å². The van der Waals surface area contributed by atoms with Crippen LogP contribution in [0.3, 0.4) is 0 Å². The van der Waals surface area contributed by atoms with Crippen molar-refractivity contribution < 1.29 is 13.7 Å². The van der Waals surface area contributed by atoms with E-state index < -0.39 is 21.9 Å². The lowest BCUT2D eigenvalue weighted by atomic mass is 10.1. The van der Waals surface area contributed by atoms with Crippen LogP contribution in [0.25, 0.3) is 0 Å². The van der Waals surface area contributed by atoms with E-state index in [9.17, 15) is 8.94 Å². The van der Waals surface area contributed by atoms with Crippen LogP contribution >= 0.6 is 0 Å². The van der Waals surface area contributed by atoms with Gasteiger partial charge in [-0.05, 0) is 33.3 Å². The Balaban J connectivity index is 3.07. The largest absolute Gasteiger partial charge is 0.598 e. The van der Waals surface area contributed by atoms with Crippen molar-refractivity contribution in [3.05, 3.63) is 36.3 Å². The third kappa shape index (κ3) is 4.47. The molecular formula is C14H21FN2O2S. The third-order valence-electron chi connectivity index (χ3n) is 2.62. The number of hydrogen-bond acceptors (Lipinski definition) is 4. The fraction of sp³-hybridized carbons (Fsp3) is 0.500. The van der Waals surface area contributed by atoms with Gasteiger partial charge in [0.15, 0.2) is 0 Å². The molecule has 20 heavy (non-hydrogen) atoms. The molecule has 0 spiro atoms. The summed E-state index contributed by atoms with van der Waals surface area (Å²) in [7, 11) is 1.47. The fourth-order valence-corrected chi connectivity index (χ4v) is 2.41. The number of hydrogen-bond donors (Lipinski definition) is 1. The summed E-state index contributed by atoms with van der Waals surface area (Å²) in [5.41, 5.74) is 0.532. The molecule has 1 rings (SSSR count). The van der Waals surface area contributed by atoms with Crippen LogP contribution in [-0.4, -0.2) is 21.4 Å². The van der Waals surface area contributed by atoms with Crippen molar-refractivity contribution in [1.82, 2.24) is 9.71 Å². The molecule has 6 heteroatoms. The van der Waals surface area contributed by atoms with E-state index in [2.05, 4.69) is 16.3 Å². The molecule has 2 atom stereocenters. The number of ether oxygens (including phenoxy) is 1. The molecule has 0 fully saturated rings. The van der Waals surface area contributed by atoms with Gasteiger partial charge in [-0.3, -0.25) is 0 Å². The van der Waals surface area contributed by atoms with Crippen LogP contribution in [0.1, 0.15) is 38.8 Å². The number of aromatic nitrogens is 1. The maximum Gasteiger partial charge on any atom is 0.218 e. The summed E-state index contributed by atoms with van der Waals surface area (Å²) < 4.78 is 33.3. The SMILES string of the molecule is C=CCC(N[S+]([O-])C(C)(C)C)c1cc(F)cnc1OC.